The van der Waals surface area contributed by atoms with E-state index in [4.69, 9.17) is 0 Å². The van der Waals surface area contributed by atoms with Gasteiger partial charge in [0.15, 0.2) is 0 Å². The fraction of sp³-hybridized carbons (Fsp3) is 0.125. The van der Waals surface area contributed by atoms with Crippen molar-refractivity contribution in [2.24, 2.45) is 5.10 Å². The molecule has 0 heterocycles. The highest BCUT2D eigenvalue weighted by Crippen LogP contribution is 2.31. The minimum absolute atomic E-state index is 0.131. The Morgan fingerprint density at radius 3 is 2.45 bits per heavy atom. The summed E-state index contributed by atoms with van der Waals surface area (Å²) in [6, 6.07) is 13.5. The summed E-state index contributed by atoms with van der Waals surface area (Å²) in [6.45, 7) is 2.14. The van der Waals surface area contributed by atoms with Crippen molar-refractivity contribution in [3.05, 3.63) is 62.5 Å². The molecule has 0 bridgehead atoms. The third-order valence-electron chi connectivity index (χ3n) is 2.81. The van der Waals surface area contributed by atoms with E-state index >= 15 is 0 Å². The molecule has 4 nitrogen and oxygen atoms in total. The number of amides is 1. The Balaban J connectivity index is 1.87. The first kappa shape index (κ1) is 16.7. The van der Waals surface area contributed by atoms with Crippen molar-refractivity contribution in [1.82, 2.24) is 5.43 Å². The molecule has 0 aliphatic rings. The van der Waals surface area contributed by atoms with Gasteiger partial charge in [0.2, 0.25) is 0 Å². The molecule has 0 atom stereocenters. The Morgan fingerprint density at radius 2 is 1.82 bits per heavy atom. The highest BCUT2D eigenvalue weighted by molar-refractivity contribution is 9.11. The third-order valence-corrected chi connectivity index (χ3v) is 4.07. The van der Waals surface area contributed by atoms with Gasteiger partial charge < -0.3 is 5.32 Å². The van der Waals surface area contributed by atoms with Crippen LogP contribution in [0.25, 0.3) is 0 Å². The van der Waals surface area contributed by atoms with Gasteiger partial charge in [-0.05, 0) is 62.0 Å². The van der Waals surface area contributed by atoms with Crippen LogP contribution in [0.15, 0.2) is 56.5 Å². The first-order valence-corrected chi connectivity index (χ1v) is 8.21. The van der Waals surface area contributed by atoms with Crippen LogP contribution in [0.4, 0.5) is 5.69 Å². The molecule has 0 radical (unpaired) electrons. The molecule has 22 heavy (non-hydrogen) atoms. The van der Waals surface area contributed by atoms with Crippen LogP contribution in [-0.2, 0) is 4.79 Å². The Kier molecular flexibility index (Phi) is 6.15. The third kappa shape index (κ3) is 4.96. The number of carbonyl (C=O) groups is 1. The number of benzene rings is 2. The summed E-state index contributed by atoms with van der Waals surface area (Å²) in [5.41, 5.74) is 5.39. The molecule has 0 aromatic heterocycles. The van der Waals surface area contributed by atoms with Gasteiger partial charge in [-0.25, -0.2) is 5.43 Å². The number of hydrogen-bond donors (Lipinski definition) is 2. The molecule has 0 spiro atoms. The molecule has 2 aromatic carbocycles. The number of nitrogens with zero attached hydrogens (tertiary/aromatic N) is 1. The summed E-state index contributed by atoms with van der Waals surface area (Å²) >= 11 is 6.95. The number of rotatable bonds is 5. The predicted octanol–water partition coefficient (Wildman–Crippen LogP) is 4.08. The molecule has 0 aliphatic heterocycles. The van der Waals surface area contributed by atoms with Gasteiger partial charge in [-0.3, -0.25) is 4.79 Å². The zero-order chi connectivity index (χ0) is 15.9. The topological polar surface area (TPSA) is 53.5 Å². The largest absolute Gasteiger partial charge is 0.374 e. The fourth-order valence-corrected chi connectivity index (χ4v) is 3.49. The van der Waals surface area contributed by atoms with Crippen LogP contribution in [0.1, 0.15) is 11.1 Å². The maximum Gasteiger partial charge on any atom is 0.259 e. The molecule has 2 aromatic rings. The summed E-state index contributed by atoms with van der Waals surface area (Å²) in [6.07, 6.45) is 1.61. The van der Waals surface area contributed by atoms with Crippen LogP contribution in [0.3, 0.4) is 0 Å². The van der Waals surface area contributed by atoms with Crippen LogP contribution in [0.2, 0.25) is 0 Å². The average Bonchev–Trinajstić information content (AvgIpc) is 2.47. The van der Waals surface area contributed by atoms with Gasteiger partial charge in [-0.15, -0.1) is 0 Å². The standard InChI is InChI=1S/C16H15Br2N3O/c1-11-7-13(17)16(14(18)8-11)19-10-15(22)21-20-9-12-5-3-2-4-6-12/h2-9,19H,10H2,1H3,(H,21,22)/b20-9+. The minimum atomic E-state index is -0.216. The van der Waals surface area contributed by atoms with Crippen molar-refractivity contribution < 1.29 is 4.79 Å². The molecule has 0 saturated heterocycles. The number of anilines is 1. The zero-order valence-electron chi connectivity index (χ0n) is 11.9. The second kappa shape index (κ2) is 8.10. The van der Waals surface area contributed by atoms with Crippen LogP contribution >= 0.6 is 31.9 Å². The molecule has 2 N–H and O–H groups in total. The molecular weight excluding hydrogens is 410 g/mol. The summed E-state index contributed by atoms with van der Waals surface area (Å²) in [7, 11) is 0. The number of nitrogens with one attached hydrogen (secondary N) is 2. The smallest absolute Gasteiger partial charge is 0.259 e. The molecule has 0 aliphatic carbocycles. The number of hydrazone groups is 1. The average molecular weight is 425 g/mol. The lowest BCUT2D eigenvalue weighted by atomic mass is 10.2. The quantitative estimate of drug-likeness (QED) is 0.561. The van der Waals surface area contributed by atoms with Crippen LogP contribution < -0.4 is 10.7 Å². The van der Waals surface area contributed by atoms with Gasteiger partial charge in [-0.2, -0.15) is 5.10 Å². The number of carbonyl (C=O) groups excluding carboxylic acids is 1. The maximum absolute atomic E-state index is 11.8. The number of aryl methyl sites for hydroxylation is 1. The second-order valence-corrected chi connectivity index (χ2v) is 6.37. The normalized spacial score (nSPS) is 10.7. The van der Waals surface area contributed by atoms with E-state index in [9.17, 15) is 4.79 Å². The number of hydrogen-bond acceptors (Lipinski definition) is 3. The summed E-state index contributed by atoms with van der Waals surface area (Å²) in [5.74, 6) is -0.216. The SMILES string of the molecule is Cc1cc(Br)c(NCC(=O)N/N=C/c2ccccc2)c(Br)c1. The van der Waals surface area contributed by atoms with E-state index in [0.717, 1.165) is 25.8 Å². The molecule has 0 saturated carbocycles. The van der Waals surface area contributed by atoms with E-state index in [1.807, 2.05) is 49.4 Å². The lowest BCUT2D eigenvalue weighted by Crippen LogP contribution is -2.26. The summed E-state index contributed by atoms with van der Waals surface area (Å²) in [5, 5.41) is 7.00. The van der Waals surface area contributed by atoms with Crippen molar-refractivity contribution in [2.75, 3.05) is 11.9 Å². The highest BCUT2D eigenvalue weighted by atomic mass is 79.9. The second-order valence-electron chi connectivity index (χ2n) is 4.66. The Labute approximate surface area is 146 Å². The van der Waals surface area contributed by atoms with Gasteiger partial charge in [-0.1, -0.05) is 30.3 Å². The summed E-state index contributed by atoms with van der Waals surface area (Å²) in [4.78, 5) is 11.8. The molecule has 2 rings (SSSR count). The Bertz CT molecular complexity index is 664. The van der Waals surface area contributed by atoms with Crippen LogP contribution in [0, 0.1) is 6.92 Å². The van der Waals surface area contributed by atoms with Crippen molar-refractivity contribution in [2.45, 2.75) is 6.92 Å². The first-order valence-electron chi connectivity index (χ1n) is 6.63. The highest BCUT2D eigenvalue weighted by Gasteiger charge is 2.07. The van der Waals surface area contributed by atoms with Crippen molar-refractivity contribution in [1.29, 1.82) is 0 Å². The van der Waals surface area contributed by atoms with Crippen LogP contribution in [-0.4, -0.2) is 18.7 Å². The zero-order valence-corrected chi connectivity index (χ0v) is 15.1. The van der Waals surface area contributed by atoms with E-state index in [0.29, 0.717) is 0 Å². The van der Waals surface area contributed by atoms with Crippen molar-refractivity contribution in [3.63, 3.8) is 0 Å². The lowest BCUT2D eigenvalue weighted by Gasteiger charge is -2.11. The minimum Gasteiger partial charge on any atom is -0.374 e. The van der Waals surface area contributed by atoms with Gasteiger partial charge in [0, 0.05) is 8.95 Å². The Hall–Kier alpha value is -1.66. The molecule has 114 valence electrons. The van der Waals surface area contributed by atoms with Gasteiger partial charge in [0.1, 0.15) is 0 Å². The van der Waals surface area contributed by atoms with Gasteiger partial charge >= 0.3 is 0 Å². The molecule has 0 fully saturated rings. The van der Waals surface area contributed by atoms with Gasteiger partial charge in [0.05, 0.1) is 18.4 Å². The number of halogens is 2. The van der Waals surface area contributed by atoms with Gasteiger partial charge in [0.25, 0.3) is 5.91 Å². The monoisotopic (exact) mass is 423 g/mol. The molecular formula is C16H15Br2N3O. The van der Waals surface area contributed by atoms with E-state index in [2.05, 4.69) is 47.7 Å². The van der Waals surface area contributed by atoms with Crippen molar-refractivity contribution in [3.8, 4) is 0 Å². The maximum atomic E-state index is 11.8. The first-order chi connectivity index (χ1) is 10.6. The lowest BCUT2D eigenvalue weighted by molar-refractivity contribution is -0.119. The molecule has 0 unspecified atom stereocenters. The predicted molar refractivity (Wildman–Crippen MR) is 97.2 cm³/mol. The van der Waals surface area contributed by atoms with Crippen molar-refractivity contribution >= 4 is 49.7 Å². The fourth-order valence-electron chi connectivity index (χ4n) is 1.79. The summed E-state index contributed by atoms with van der Waals surface area (Å²) < 4.78 is 1.81. The van der Waals surface area contributed by atoms with E-state index in [1.54, 1.807) is 6.21 Å². The van der Waals surface area contributed by atoms with Crippen LogP contribution in [0.5, 0.6) is 0 Å². The van der Waals surface area contributed by atoms with E-state index in [1.165, 1.54) is 0 Å². The van der Waals surface area contributed by atoms with E-state index < -0.39 is 0 Å². The van der Waals surface area contributed by atoms with E-state index in [-0.39, 0.29) is 12.5 Å². The molecule has 6 heteroatoms. The Morgan fingerprint density at radius 1 is 1.18 bits per heavy atom. The molecule has 1 amide bonds.